The number of aromatic nitrogens is 1. The predicted molar refractivity (Wildman–Crippen MR) is 48.2 cm³/mol. The summed E-state index contributed by atoms with van der Waals surface area (Å²) in [5, 5.41) is 0. The van der Waals surface area contributed by atoms with E-state index in [9.17, 15) is 0 Å². The lowest BCUT2D eigenvalue weighted by atomic mass is 10.2. The molecule has 0 spiro atoms. The van der Waals surface area contributed by atoms with Gasteiger partial charge < -0.3 is 4.74 Å². The Bertz CT molecular complexity index is 250. The molecule has 60 valence electrons. The fraction of sp³-hybridized carbons (Fsp3) is 0.375. The first-order chi connectivity index (χ1) is 5.27. The van der Waals surface area contributed by atoms with E-state index in [1.54, 1.807) is 13.3 Å². The lowest BCUT2D eigenvalue weighted by Crippen LogP contribution is -1.92. The first-order valence-electron chi connectivity index (χ1n) is 3.38. The summed E-state index contributed by atoms with van der Waals surface area (Å²) in [6.45, 7) is 1.97. The molecule has 3 heteroatoms. The van der Waals surface area contributed by atoms with Gasteiger partial charge in [0.25, 0.3) is 0 Å². The Kier molecular flexibility index (Phi) is 2.76. The van der Waals surface area contributed by atoms with Gasteiger partial charge in [0.2, 0.25) is 5.88 Å². The Balaban J connectivity index is 2.99. The van der Waals surface area contributed by atoms with Crippen LogP contribution in [0, 0.1) is 6.92 Å². The number of hydrogen-bond acceptors (Lipinski definition) is 3. The Morgan fingerprint density at radius 3 is 2.82 bits per heavy atom. The van der Waals surface area contributed by atoms with Crippen molar-refractivity contribution in [3.05, 3.63) is 23.4 Å². The minimum Gasteiger partial charge on any atom is -0.481 e. The summed E-state index contributed by atoms with van der Waals surface area (Å²) in [6.07, 6.45) is 1.78. The molecule has 0 amide bonds. The van der Waals surface area contributed by atoms with Gasteiger partial charge in [-0.05, 0) is 18.6 Å². The molecular formula is C8H11NOS. The van der Waals surface area contributed by atoms with Crippen molar-refractivity contribution in [3.8, 4) is 5.88 Å². The van der Waals surface area contributed by atoms with E-state index in [2.05, 4.69) is 17.6 Å². The number of ether oxygens (including phenoxy) is 1. The number of methoxy groups -OCH3 is 1. The summed E-state index contributed by atoms with van der Waals surface area (Å²) in [5.41, 5.74) is 2.17. The topological polar surface area (TPSA) is 22.1 Å². The van der Waals surface area contributed by atoms with Crippen LogP contribution in [0.2, 0.25) is 0 Å². The van der Waals surface area contributed by atoms with Crippen molar-refractivity contribution in [1.82, 2.24) is 4.98 Å². The Morgan fingerprint density at radius 2 is 2.36 bits per heavy atom. The molecule has 0 aromatic carbocycles. The van der Waals surface area contributed by atoms with E-state index >= 15 is 0 Å². The van der Waals surface area contributed by atoms with E-state index in [0.29, 0.717) is 5.88 Å². The zero-order valence-electron chi connectivity index (χ0n) is 6.66. The molecule has 0 radical (unpaired) electrons. The number of pyridine rings is 1. The molecule has 1 aromatic rings. The largest absolute Gasteiger partial charge is 0.481 e. The number of nitrogens with zero attached hydrogens (tertiary/aromatic N) is 1. The van der Waals surface area contributed by atoms with Crippen LogP contribution in [0.1, 0.15) is 11.1 Å². The van der Waals surface area contributed by atoms with Crippen molar-refractivity contribution in [2.24, 2.45) is 0 Å². The fourth-order valence-corrected chi connectivity index (χ4v) is 1.09. The summed E-state index contributed by atoms with van der Waals surface area (Å²) in [4.78, 5) is 4.10. The number of thiol groups is 1. The lowest BCUT2D eigenvalue weighted by molar-refractivity contribution is 0.394. The zero-order valence-corrected chi connectivity index (χ0v) is 7.56. The fourth-order valence-electron chi connectivity index (χ4n) is 0.921. The highest BCUT2D eigenvalue weighted by atomic mass is 32.1. The van der Waals surface area contributed by atoms with Gasteiger partial charge in [0.15, 0.2) is 0 Å². The van der Waals surface area contributed by atoms with Gasteiger partial charge in [-0.2, -0.15) is 12.6 Å². The second kappa shape index (κ2) is 3.62. The highest BCUT2D eigenvalue weighted by molar-refractivity contribution is 7.79. The highest BCUT2D eigenvalue weighted by Gasteiger charge is 1.98. The molecule has 0 N–H and O–H groups in total. The maximum Gasteiger partial charge on any atom is 0.215 e. The molecular weight excluding hydrogens is 158 g/mol. The molecule has 0 atom stereocenters. The molecule has 0 unspecified atom stereocenters. The summed E-state index contributed by atoms with van der Waals surface area (Å²) in [7, 11) is 1.62. The third-order valence-electron chi connectivity index (χ3n) is 1.46. The van der Waals surface area contributed by atoms with Crippen molar-refractivity contribution in [3.63, 3.8) is 0 Å². The second-order valence-corrected chi connectivity index (χ2v) is 2.64. The van der Waals surface area contributed by atoms with Crippen molar-refractivity contribution in [2.75, 3.05) is 7.11 Å². The quantitative estimate of drug-likeness (QED) is 0.682. The maximum atomic E-state index is 5.01. The van der Waals surface area contributed by atoms with Crippen LogP contribution in [0.25, 0.3) is 0 Å². The third kappa shape index (κ3) is 1.87. The maximum absolute atomic E-state index is 5.01. The van der Waals surface area contributed by atoms with E-state index in [1.165, 1.54) is 0 Å². The summed E-state index contributed by atoms with van der Waals surface area (Å²) >= 11 is 4.14. The van der Waals surface area contributed by atoms with Crippen LogP contribution in [0.4, 0.5) is 0 Å². The first kappa shape index (κ1) is 8.40. The molecule has 1 rings (SSSR count). The lowest BCUT2D eigenvalue weighted by Gasteiger charge is -2.03. The van der Waals surface area contributed by atoms with E-state index in [1.807, 2.05) is 13.0 Å². The predicted octanol–water partition coefficient (Wildman–Crippen LogP) is 1.83. The SMILES string of the molecule is COc1ncc(CS)cc1C. The van der Waals surface area contributed by atoms with Gasteiger partial charge in [0, 0.05) is 17.5 Å². The van der Waals surface area contributed by atoms with Crippen LogP contribution in [0.15, 0.2) is 12.3 Å². The monoisotopic (exact) mass is 169 g/mol. The first-order valence-corrected chi connectivity index (χ1v) is 4.01. The molecule has 2 nitrogen and oxygen atoms in total. The Morgan fingerprint density at radius 1 is 1.64 bits per heavy atom. The molecule has 0 aliphatic rings. The van der Waals surface area contributed by atoms with Crippen LogP contribution in [0.3, 0.4) is 0 Å². The normalized spacial score (nSPS) is 9.73. The molecule has 0 fully saturated rings. The zero-order chi connectivity index (χ0) is 8.27. The molecule has 0 aliphatic heterocycles. The number of hydrogen-bond donors (Lipinski definition) is 1. The van der Waals surface area contributed by atoms with E-state index in [0.717, 1.165) is 16.9 Å². The molecule has 1 aromatic heterocycles. The Hall–Kier alpha value is -0.700. The van der Waals surface area contributed by atoms with Gasteiger partial charge in [-0.3, -0.25) is 0 Å². The molecule has 1 heterocycles. The van der Waals surface area contributed by atoms with Gasteiger partial charge in [0.05, 0.1) is 7.11 Å². The minimum absolute atomic E-state index is 0.690. The average Bonchev–Trinajstić information content (AvgIpc) is 2.04. The highest BCUT2D eigenvalue weighted by Crippen LogP contribution is 2.15. The second-order valence-electron chi connectivity index (χ2n) is 2.33. The minimum atomic E-state index is 0.690. The van der Waals surface area contributed by atoms with Crippen LogP contribution in [0.5, 0.6) is 5.88 Å². The Labute approximate surface area is 72.0 Å². The van der Waals surface area contributed by atoms with E-state index in [-0.39, 0.29) is 0 Å². The van der Waals surface area contributed by atoms with E-state index in [4.69, 9.17) is 4.74 Å². The molecule has 0 bridgehead atoms. The van der Waals surface area contributed by atoms with Crippen LogP contribution in [-0.4, -0.2) is 12.1 Å². The standard InChI is InChI=1S/C8H11NOS/c1-6-3-7(5-11)4-9-8(6)10-2/h3-4,11H,5H2,1-2H3. The summed E-state index contributed by atoms with van der Waals surface area (Å²) in [6, 6.07) is 2.03. The van der Waals surface area contributed by atoms with Crippen molar-refractivity contribution in [1.29, 1.82) is 0 Å². The molecule has 0 saturated heterocycles. The van der Waals surface area contributed by atoms with Crippen LogP contribution >= 0.6 is 12.6 Å². The summed E-state index contributed by atoms with van der Waals surface area (Å²) < 4.78 is 5.01. The summed E-state index contributed by atoms with van der Waals surface area (Å²) in [5.74, 6) is 1.41. The van der Waals surface area contributed by atoms with Crippen molar-refractivity contribution < 1.29 is 4.74 Å². The number of aryl methyl sites for hydroxylation is 1. The smallest absolute Gasteiger partial charge is 0.215 e. The van der Waals surface area contributed by atoms with Gasteiger partial charge in [-0.15, -0.1) is 0 Å². The average molecular weight is 169 g/mol. The van der Waals surface area contributed by atoms with Gasteiger partial charge >= 0.3 is 0 Å². The van der Waals surface area contributed by atoms with Crippen LogP contribution in [-0.2, 0) is 5.75 Å². The van der Waals surface area contributed by atoms with Gasteiger partial charge in [-0.25, -0.2) is 4.98 Å². The molecule has 0 saturated carbocycles. The van der Waals surface area contributed by atoms with Crippen molar-refractivity contribution in [2.45, 2.75) is 12.7 Å². The molecule has 11 heavy (non-hydrogen) atoms. The number of rotatable bonds is 2. The van der Waals surface area contributed by atoms with Gasteiger partial charge in [0.1, 0.15) is 0 Å². The van der Waals surface area contributed by atoms with Gasteiger partial charge in [-0.1, -0.05) is 0 Å². The van der Waals surface area contributed by atoms with Crippen LogP contribution < -0.4 is 4.74 Å². The van der Waals surface area contributed by atoms with E-state index < -0.39 is 0 Å². The molecule has 0 aliphatic carbocycles. The van der Waals surface area contributed by atoms with Crippen molar-refractivity contribution >= 4 is 12.6 Å². The third-order valence-corrected chi connectivity index (χ3v) is 1.83.